The van der Waals surface area contributed by atoms with Crippen LogP contribution in [0.15, 0.2) is 0 Å². The Labute approximate surface area is 69.9 Å². The number of hydrogen-bond acceptors (Lipinski definition) is 5. The largest absolute Gasteiger partial charge is 0.436 e. The second-order valence-corrected chi connectivity index (χ2v) is 2.70. The third-order valence-corrected chi connectivity index (χ3v) is 1.67. The van der Waals surface area contributed by atoms with Gasteiger partial charge < -0.3 is 19.7 Å². The van der Waals surface area contributed by atoms with Crippen molar-refractivity contribution in [3.05, 3.63) is 0 Å². The highest BCUT2D eigenvalue weighted by Gasteiger charge is 2.35. The van der Waals surface area contributed by atoms with E-state index in [9.17, 15) is 9.90 Å². The van der Waals surface area contributed by atoms with Crippen molar-refractivity contribution in [1.82, 2.24) is 0 Å². The highest BCUT2D eigenvalue weighted by molar-refractivity contribution is 5.66. The van der Waals surface area contributed by atoms with Crippen LogP contribution in [0.3, 0.4) is 0 Å². The minimum atomic E-state index is -0.751. The van der Waals surface area contributed by atoms with Crippen molar-refractivity contribution in [2.45, 2.75) is 31.8 Å². The van der Waals surface area contributed by atoms with Gasteiger partial charge in [-0.05, 0) is 0 Å². The van der Waals surface area contributed by atoms with E-state index in [1.807, 2.05) is 0 Å². The smallest absolute Gasteiger partial charge is 0.304 e. The number of rotatable bonds is 2. The molecule has 70 valence electrons. The second-order valence-electron chi connectivity index (χ2n) is 2.70. The van der Waals surface area contributed by atoms with Crippen LogP contribution in [0.2, 0.25) is 0 Å². The van der Waals surface area contributed by atoms with Gasteiger partial charge in [-0.25, -0.2) is 0 Å². The van der Waals surface area contributed by atoms with Crippen LogP contribution >= 0.6 is 0 Å². The average Bonchev–Trinajstić information content (AvgIpc) is 2.29. The van der Waals surface area contributed by atoms with Crippen molar-refractivity contribution in [1.29, 1.82) is 0 Å². The Hall–Kier alpha value is -0.650. The summed E-state index contributed by atoms with van der Waals surface area (Å²) in [6, 6.07) is 0. The fraction of sp³-hybridized carbons (Fsp3) is 0.857. The van der Waals surface area contributed by atoms with Crippen molar-refractivity contribution in [3.8, 4) is 0 Å². The molecular weight excluding hydrogens is 164 g/mol. The van der Waals surface area contributed by atoms with E-state index in [1.54, 1.807) is 0 Å². The van der Waals surface area contributed by atoms with Crippen LogP contribution < -0.4 is 0 Å². The molecule has 0 amide bonds. The molecule has 0 aliphatic carbocycles. The summed E-state index contributed by atoms with van der Waals surface area (Å²) in [7, 11) is 0. The molecule has 1 aliphatic rings. The first-order valence-electron chi connectivity index (χ1n) is 3.75. The Morgan fingerprint density at radius 3 is 2.83 bits per heavy atom. The Kier molecular flexibility index (Phi) is 3.02. The van der Waals surface area contributed by atoms with Gasteiger partial charge in [0.1, 0.15) is 6.10 Å². The first-order chi connectivity index (χ1) is 5.63. The predicted octanol–water partition coefficient (Wildman–Crippen LogP) is -0.982. The molecule has 0 spiro atoms. The van der Waals surface area contributed by atoms with Gasteiger partial charge in [0.25, 0.3) is 0 Å². The molecular formula is C7H12O5. The third kappa shape index (κ3) is 2.17. The molecule has 1 heterocycles. The summed E-state index contributed by atoms with van der Waals surface area (Å²) < 4.78 is 9.67. The number of carbonyl (C=O) groups excluding carboxylic acids is 1. The minimum Gasteiger partial charge on any atom is -0.436 e. The summed E-state index contributed by atoms with van der Waals surface area (Å²) in [5, 5.41) is 17.9. The maximum absolute atomic E-state index is 10.5. The van der Waals surface area contributed by atoms with Crippen molar-refractivity contribution in [2.75, 3.05) is 6.61 Å². The fourth-order valence-electron chi connectivity index (χ4n) is 1.12. The summed E-state index contributed by atoms with van der Waals surface area (Å²) in [6.45, 7) is 1.00. The lowest BCUT2D eigenvalue weighted by Crippen LogP contribution is -2.24. The maximum atomic E-state index is 10.5. The number of carbonyl (C=O) groups is 1. The number of aliphatic hydroxyl groups is 2. The number of esters is 1. The average molecular weight is 176 g/mol. The zero-order valence-corrected chi connectivity index (χ0v) is 6.77. The first-order valence-corrected chi connectivity index (χ1v) is 3.75. The zero-order valence-electron chi connectivity index (χ0n) is 6.77. The Balaban J connectivity index is 2.37. The lowest BCUT2D eigenvalue weighted by molar-refractivity contribution is -0.175. The molecule has 1 saturated heterocycles. The Morgan fingerprint density at radius 2 is 2.42 bits per heavy atom. The highest BCUT2D eigenvalue weighted by Crippen LogP contribution is 2.20. The molecule has 12 heavy (non-hydrogen) atoms. The molecule has 1 aliphatic heterocycles. The van der Waals surface area contributed by atoms with Crippen molar-refractivity contribution >= 4 is 5.97 Å². The van der Waals surface area contributed by atoms with E-state index in [0.717, 1.165) is 0 Å². The van der Waals surface area contributed by atoms with Gasteiger partial charge in [-0.2, -0.15) is 0 Å². The van der Waals surface area contributed by atoms with Gasteiger partial charge in [-0.3, -0.25) is 4.79 Å². The topological polar surface area (TPSA) is 76.0 Å². The molecule has 0 aromatic carbocycles. The van der Waals surface area contributed by atoms with Gasteiger partial charge in [-0.15, -0.1) is 0 Å². The van der Waals surface area contributed by atoms with Crippen LogP contribution in [-0.4, -0.2) is 41.3 Å². The summed E-state index contributed by atoms with van der Waals surface area (Å²) in [6.07, 6.45) is -1.87. The summed E-state index contributed by atoms with van der Waals surface area (Å²) in [5.41, 5.74) is 0. The van der Waals surface area contributed by atoms with Crippen LogP contribution in [-0.2, 0) is 14.3 Å². The van der Waals surface area contributed by atoms with Crippen LogP contribution in [0.5, 0.6) is 0 Å². The quantitative estimate of drug-likeness (QED) is 0.529. The number of ether oxygens (including phenoxy) is 2. The van der Waals surface area contributed by atoms with Crippen LogP contribution in [0, 0.1) is 0 Å². The lowest BCUT2D eigenvalue weighted by atomic mass is 10.2. The molecule has 0 aromatic rings. The molecule has 1 rings (SSSR count). The first kappa shape index (κ1) is 9.44. The summed E-state index contributed by atoms with van der Waals surface area (Å²) in [4.78, 5) is 10.5. The van der Waals surface area contributed by atoms with Gasteiger partial charge in [-0.1, -0.05) is 0 Å². The van der Waals surface area contributed by atoms with Crippen molar-refractivity contribution < 1.29 is 24.5 Å². The van der Waals surface area contributed by atoms with E-state index in [2.05, 4.69) is 4.74 Å². The Bertz CT molecular complexity index is 169. The second kappa shape index (κ2) is 3.84. The highest BCUT2D eigenvalue weighted by atomic mass is 16.7. The molecule has 2 N–H and O–H groups in total. The number of hydrogen-bond donors (Lipinski definition) is 2. The molecule has 5 heteroatoms. The van der Waals surface area contributed by atoms with Crippen molar-refractivity contribution in [2.24, 2.45) is 0 Å². The number of aliphatic hydroxyl groups excluding tert-OH is 2. The van der Waals surface area contributed by atoms with Crippen LogP contribution in [0.1, 0.15) is 13.3 Å². The predicted molar refractivity (Wildman–Crippen MR) is 38.1 cm³/mol. The van der Waals surface area contributed by atoms with E-state index in [1.165, 1.54) is 6.92 Å². The normalized spacial score (nSPS) is 35.1. The van der Waals surface area contributed by atoms with E-state index < -0.39 is 24.5 Å². The van der Waals surface area contributed by atoms with E-state index in [0.29, 0.717) is 0 Å². The van der Waals surface area contributed by atoms with Gasteiger partial charge in [0, 0.05) is 13.3 Å². The monoisotopic (exact) mass is 176 g/mol. The SMILES string of the molecule is CC(=O)OC1CC(O)C(CO)O1. The molecule has 0 aromatic heterocycles. The van der Waals surface area contributed by atoms with Crippen LogP contribution in [0.4, 0.5) is 0 Å². The molecule has 3 unspecified atom stereocenters. The van der Waals surface area contributed by atoms with Crippen molar-refractivity contribution in [3.63, 3.8) is 0 Å². The molecule has 0 saturated carbocycles. The molecule has 1 fully saturated rings. The Morgan fingerprint density at radius 1 is 1.75 bits per heavy atom. The zero-order chi connectivity index (χ0) is 9.14. The molecule has 0 radical (unpaired) electrons. The van der Waals surface area contributed by atoms with Gasteiger partial charge in [0.2, 0.25) is 6.29 Å². The van der Waals surface area contributed by atoms with Gasteiger partial charge in [0.05, 0.1) is 12.7 Å². The van der Waals surface area contributed by atoms with E-state index in [-0.39, 0.29) is 13.0 Å². The molecule has 3 atom stereocenters. The van der Waals surface area contributed by atoms with Gasteiger partial charge in [0.15, 0.2) is 0 Å². The summed E-state index contributed by atoms with van der Waals surface area (Å²) >= 11 is 0. The molecule has 5 nitrogen and oxygen atoms in total. The maximum Gasteiger partial charge on any atom is 0.304 e. The van der Waals surface area contributed by atoms with E-state index >= 15 is 0 Å². The van der Waals surface area contributed by atoms with E-state index in [4.69, 9.17) is 9.84 Å². The standard InChI is InChI=1S/C7H12O5/c1-4(9)11-7-2-5(10)6(3-8)12-7/h5-8,10H,2-3H2,1H3. The fourth-order valence-corrected chi connectivity index (χ4v) is 1.12. The third-order valence-electron chi connectivity index (χ3n) is 1.67. The summed E-state index contributed by atoms with van der Waals surface area (Å²) in [5.74, 6) is -0.453. The van der Waals surface area contributed by atoms with Crippen LogP contribution in [0.25, 0.3) is 0 Å². The minimum absolute atomic E-state index is 0.227. The molecule has 0 bridgehead atoms. The lowest BCUT2D eigenvalue weighted by Gasteiger charge is -2.11. The van der Waals surface area contributed by atoms with Gasteiger partial charge >= 0.3 is 5.97 Å².